The summed E-state index contributed by atoms with van der Waals surface area (Å²) in [5.41, 5.74) is 1.00. The van der Waals surface area contributed by atoms with Crippen LogP contribution in [0.2, 0.25) is 5.02 Å². The van der Waals surface area contributed by atoms with E-state index in [1.54, 1.807) is 45.7 Å². The summed E-state index contributed by atoms with van der Waals surface area (Å²) >= 11 is 5.93. The SMILES string of the molecule is CCOC(=O)N1CCN(C(=O)c2cn3ccc(Cl)cc3n2)CC1. The van der Waals surface area contributed by atoms with Gasteiger partial charge in [-0.1, -0.05) is 11.6 Å². The third kappa shape index (κ3) is 3.24. The second-order valence-corrected chi connectivity index (χ2v) is 5.65. The number of hydrogen-bond donors (Lipinski definition) is 0. The van der Waals surface area contributed by atoms with Crippen molar-refractivity contribution in [3.8, 4) is 0 Å². The van der Waals surface area contributed by atoms with Gasteiger partial charge in [-0.15, -0.1) is 0 Å². The van der Waals surface area contributed by atoms with Gasteiger partial charge in [-0.2, -0.15) is 0 Å². The van der Waals surface area contributed by atoms with Gasteiger partial charge < -0.3 is 18.9 Å². The largest absolute Gasteiger partial charge is 0.450 e. The summed E-state index contributed by atoms with van der Waals surface area (Å²) in [6.45, 7) is 3.97. The van der Waals surface area contributed by atoms with Crippen LogP contribution in [0.15, 0.2) is 24.5 Å². The van der Waals surface area contributed by atoms with Crippen LogP contribution in [0.4, 0.5) is 4.79 Å². The number of piperazine rings is 1. The molecule has 0 unspecified atom stereocenters. The number of ether oxygens (including phenoxy) is 1. The summed E-state index contributed by atoms with van der Waals surface area (Å²) in [6, 6.07) is 3.44. The van der Waals surface area contributed by atoms with E-state index in [1.165, 1.54) is 0 Å². The molecule has 0 aliphatic carbocycles. The number of nitrogens with zero attached hydrogens (tertiary/aromatic N) is 4. The number of hydrogen-bond acceptors (Lipinski definition) is 4. The van der Waals surface area contributed by atoms with Gasteiger partial charge in [0, 0.05) is 49.7 Å². The Labute approximate surface area is 138 Å². The molecule has 3 rings (SSSR count). The first-order valence-electron chi connectivity index (χ1n) is 7.43. The van der Waals surface area contributed by atoms with Crippen molar-refractivity contribution in [3.05, 3.63) is 35.2 Å². The molecule has 2 aromatic heterocycles. The van der Waals surface area contributed by atoms with Gasteiger partial charge >= 0.3 is 6.09 Å². The van der Waals surface area contributed by atoms with Crippen LogP contribution in [0, 0.1) is 0 Å². The van der Waals surface area contributed by atoms with Gasteiger partial charge in [0.05, 0.1) is 6.61 Å². The first kappa shape index (κ1) is 15.6. The van der Waals surface area contributed by atoms with Crippen molar-refractivity contribution in [1.29, 1.82) is 0 Å². The molecule has 0 bridgehead atoms. The Kier molecular flexibility index (Phi) is 4.38. The minimum absolute atomic E-state index is 0.145. The van der Waals surface area contributed by atoms with Gasteiger partial charge in [0.25, 0.3) is 5.91 Å². The highest BCUT2D eigenvalue weighted by Crippen LogP contribution is 2.14. The van der Waals surface area contributed by atoms with Gasteiger partial charge in [0.2, 0.25) is 0 Å². The lowest BCUT2D eigenvalue weighted by atomic mass is 10.3. The van der Waals surface area contributed by atoms with Crippen molar-refractivity contribution in [2.45, 2.75) is 6.92 Å². The highest BCUT2D eigenvalue weighted by atomic mass is 35.5. The zero-order valence-corrected chi connectivity index (χ0v) is 13.5. The van der Waals surface area contributed by atoms with E-state index in [2.05, 4.69) is 4.98 Å². The van der Waals surface area contributed by atoms with Crippen LogP contribution in [-0.4, -0.2) is 64.0 Å². The Morgan fingerprint density at radius 2 is 1.96 bits per heavy atom. The third-order valence-corrected chi connectivity index (χ3v) is 3.97. The zero-order chi connectivity index (χ0) is 16.4. The van der Waals surface area contributed by atoms with E-state index >= 15 is 0 Å². The molecule has 0 N–H and O–H groups in total. The predicted molar refractivity (Wildman–Crippen MR) is 84.7 cm³/mol. The summed E-state index contributed by atoms with van der Waals surface area (Å²) in [6.07, 6.45) is 3.12. The molecule has 1 fully saturated rings. The van der Waals surface area contributed by atoms with E-state index < -0.39 is 0 Å². The first-order chi connectivity index (χ1) is 11.1. The lowest BCUT2D eigenvalue weighted by Gasteiger charge is -2.33. The Balaban J connectivity index is 1.67. The Hall–Kier alpha value is -2.28. The van der Waals surface area contributed by atoms with Gasteiger partial charge in [0.1, 0.15) is 11.3 Å². The van der Waals surface area contributed by atoms with Crippen LogP contribution in [-0.2, 0) is 4.74 Å². The molecule has 3 heterocycles. The molecule has 1 saturated heterocycles. The second kappa shape index (κ2) is 6.45. The minimum atomic E-state index is -0.332. The summed E-state index contributed by atoms with van der Waals surface area (Å²) < 4.78 is 6.73. The summed E-state index contributed by atoms with van der Waals surface area (Å²) in [5.74, 6) is -0.145. The molecule has 122 valence electrons. The number of aromatic nitrogens is 2. The van der Waals surface area contributed by atoms with Crippen LogP contribution in [0.25, 0.3) is 5.65 Å². The van der Waals surface area contributed by atoms with Gasteiger partial charge in [-0.3, -0.25) is 4.79 Å². The van der Waals surface area contributed by atoms with Crippen LogP contribution in [0.1, 0.15) is 17.4 Å². The normalized spacial score (nSPS) is 15.0. The van der Waals surface area contributed by atoms with Crippen LogP contribution in [0.5, 0.6) is 0 Å². The molecule has 0 radical (unpaired) electrons. The fourth-order valence-corrected chi connectivity index (χ4v) is 2.68. The van der Waals surface area contributed by atoms with Crippen molar-refractivity contribution < 1.29 is 14.3 Å². The summed E-state index contributed by atoms with van der Waals surface area (Å²) in [5, 5.41) is 0.574. The number of pyridine rings is 1. The summed E-state index contributed by atoms with van der Waals surface area (Å²) in [4.78, 5) is 31.8. The lowest BCUT2D eigenvalue weighted by molar-refractivity contribution is 0.0566. The van der Waals surface area contributed by atoms with E-state index in [-0.39, 0.29) is 12.0 Å². The van der Waals surface area contributed by atoms with Gasteiger partial charge in [-0.05, 0) is 13.0 Å². The summed E-state index contributed by atoms with van der Waals surface area (Å²) in [7, 11) is 0. The molecular formula is C15H17ClN4O3. The maximum atomic E-state index is 12.5. The molecular weight excluding hydrogens is 320 g/mol. The van der Waals surface area contributed by atoms with E-state index in [0.29, 0.717) is 49.1 Å². The third-order valence-electron chi connectivity index (χ3n) is 3.73. The number of rotatable bonds is 2. The van der Waals surface area contributed by atoms with Crippen molar-refractivity contribution in [2.24, 2.45) is 0 Å². The monoisotopic (exact) mass is 336 g/mol. The van der Waals surface area contributed by atoms with E-state index in [9.17, 15) is 9.59 Å². The lowest BCUT2D eigenvalue weighted by Crippen LogP contribution is -2.50. The highest BCUT2D eigenvalue weighted by molar-refractivity contribution is 6.30. The van der Waals surface area contributed by atoms with Gasteiger partial charge in [0.15, 0.2) is 0 Å². The minimum Gasteiger partial charge on any atom is -0.450 e. The van der Waals surface area contributed by atoms with Crippen molar-refractivity contribution in [1.82, 2.24) is 19.2 Å². The van der Waals surface area contributed by atoms with E-state index in [0.717, 1.165) is 0 Å². The van der Waals surface area contributed by atoms with Crippen LogP contribution in [0.3, 0.4) is 0 Å². The number of carbonyl (C=O) groups is 2. The maximum Gasteiger partial charge on any atom is 0.409 e. The Morgan fingerprint density at radius 1 is 1.26 bits per heavy atom. The van der Waals surface area contributed by atoms with Crippen molar-refractivity contribution in [3.63, 3.8) is 0 Å². The number of fused-ring (bicyclic) bond motifs is 1. The van der Waals surface area contributed by atoms with Crippen molar-refractivity contribution >= 4 is 29.2 Å². The van der Waals surface area contributed by atoms with Crippen LogP contribution >= 0.6 is 11.6 Å². The molecule has 2 amide bonds. The molecule has 2 aromatic rings. The quantitative estimate of drug-likeness (QED) is 0.840. The van der Waals surface area contributed by atoms with E-state index in [4.69, 9.17) is 16.3 Å². The van der Waals surface area contributed by atoms with Crippen molar-refractivity contribution in [2.75, 3.05) is 32.8 Å². The Morgan fingerprint density at radius 3 is 2.65 bits per heavy atom. The smallest absolute Gasteiger partial charge is 0.409 e. The molecule has 8 heteroatoms. The Bertz CT molecular complexity index is 737. The number of amides is 2. The molecule has 0 aromatic carbocycles. The number of halogens is 1. The fourth-order valence-electron chi connectivity index (χ4n) is 2.53. The van der Waals surface area contributed by atoms with Crippen LogP contribution < -0.4 is 0 Å². The first-order valence-corrected chi connectivity index (χ1v) is 7.81. The molecule has 0 spiro atoms. The molecule has 23 heavy (non-hydrogen) atoms. The molecule has 1 aliphatic heterocycles. The number of imidazole rings is 1. The topological polar surface area (TPSA) is 67.2 Å². The average Bonchev–Trinajstić information content (AvgIpc) is 2.97. The predicted octanol–water partition coefficient (Wildman–Crippen LogP) is 1.90. The molecule has 0 atom stereocenters. The molecule has 1 aliphatic rings. The second-order valence-electron chi connectivity index (χ2n) is 5.21. The average molecular weight is 337 g/mol. The number of carbonyl (C=O) groups excluding carboxylic acids is 2. The highest BCUT2D eigenvalue weighted by Gasteiger charge is 2.26. The molecule has 0 saturated carbocycles. The van der Waals surface area contributed by atoms with Gasteiger partial charge in [-0.25, -0.2) is 9.78 Å². The van der Waals surface area contributed by atoms with E-state index in [1.807, 2.05) is 0 Å². The standard InChI is InChI=1S/C15H17ClN4O3/c1-2-23-15(22)19-7-5-18(6-8-19)14(21)12-10-20-4-3-11(16)9-13(20)17-12/h3-4,9-10H,2,5-8H2,1H3. The zero-order valence-electron chi connectivity index (χ0n) is 12.7. The molecule has 7 nitrogen and oxygen atoms in total. The fraction of sp³-hybridized carbons (Fsp3) is 0.400. The maximum absolute atomic E-state index is 12.5.